The molecule has 2 rings (SSSR count). The Morgan fingerprint density at radius 1 is 1.27 bits per heavy atom. The van der Waals surface area contributed by atoms with Crippen molar-refractivity contribution in [3.05, 3.63) is 59.1 Å². The van der Waals surface area contributed by atoms with Crippen LogP contribution in [-0.2, 0) is 11.2 Å². The fraction of sp³-hybridized carbons (Fsp3) is 0.235. The normalized spacial score (nSPS) is 13.2. The predicted molar refractivity (Wildman–Crippen MR) is 87.8 cm³/mol. The highest BCUT2D eigenvalue weighted by atomic mass is 35.5. The van der Waals surface area contributed by atoms with Gasteiger partial charge in [0.2, 0.25) is 0 Å². The van der Waals surface area contributed by atoms with Crippen LogP contribution in [0.1, 0.15) is 12.5 Å². The van der Waals surface area contributed by atoms with Crippen LogP contribution in [0.15, 0.2) is 48.5 Å². The monoisotopic (exact) mass is 319 g/mol. The summed E-state index contributed by atoms with van der Waals surface area (Å²) < 4.78 is 5.10. The molecule has 5 heteroatoms. The summed E-state index contributed by atoms with van der Waals surface area (Å²) in [6, 6.07) is 14.6. The first kappa shape index (κ1) is 16.2. The number of methoxy groups -OCH3 is 1. The van der Waals surface area contributed by atoms with E-state index in [1.54, 1.807) is 25.1 Å². The van der Waals surface area contributed by atoms with E-state index in [1.807, 2.05) is 30.3 Å². The van der Waals surface area contributed by atoms with Crippen molar-refractivity contribution in [1.82, 2.24) is 0 Å². The largest absolute Gasteiger partial charge is 0.495 e. The molecule has 4 nitrogen and oxygen atoms in total. The number of ether oxygens (including phenoxy) is 1. The molecule has 0 amide bonds. The predicted octanol–water partition coefficient (Wildman–Crippen LogP) is 3.85. The van der Waals surface area contributed by atoms with Crippen LogP contribution in [0.25, 0.3) is 0 Å². The molecule has 116 valence electrons. The van der Waals surface area contributed by atoms with Crippen molar-refractivity contribution >= 4 is 23.3 Å². The zero-order valence-corrected chi connectivity index (χ0v) is 13.2. The van der Waals surface area contributed by atoms with Gasteiger partial charge in [0.25, 0.3) is 0 Å². The van der Waals surface area contributed by atoms with E-state index in [-0.39, 0.29) is 0 Å². The SMILES string of the molecule is COc1ccc(NC(C)(Cc2ccccc2)C(=O)O)cc1Cl. The molecule has 0 aliphatic heterocycles. The van der Waals surface area contributed by atoms with Crippen molar-refractivity contribution in [1.29, 1.82) is 0 Å². The van der Waals surface area contributed by atoms with Gasteiger partial charge in [0.1, 0.15) is 11.3 Å². The average molecular weight is 320 g/mol. The number of carboxylic acid groups (broad SMARTS) is 1. The summed E-state index contributed by atoms with van der Waals surface area (Å²) >= 11 is 6.09. The maximum absolute atomic E-state index is 11.7. The summed E-state index contributed by atoms with van der Waals surface area (Å²) in [6.45, 7) is 1.65. The van der Waals surface area contributed by atoms with Crippen molar-refractivity contribution < 1.29 is 14.6 Å². The molecule has 1 unspecified atom stereocenters. The topological polar surface area (TPSA) is 58.6 Å². The summed E-state index contributed by atoms with van der Waals surface area (Å²) in [5.41, 5.74) is 0.436. The number of nitrogens with one attached hydrogen (secondary N) is 1. The van der Waals surface area contributed by atoms with Crippen molar-refractivity contribution in [3.8, 4) is 5.75 Å². The lowest BCUT2D eigenvalue weighted by molar-refractivity contribution is -0.141. The molecule has 2 N–H and O–H groups in total. The number of aliphatic carboxylic acids is 1. The van der Waals surface area contributed by atoms with Crippen LogP contribution in [0.3, 0.4) is 0 Å². The summed E-state index contributed by atoms with van der Waals surface area (Å²) in [6.07, 6.45) is 0.354. The van der Waals surface area contributed by atoms with E-state index in [0.717, 1.165) is 5.56 Å². The maximum Gasteiger partial charge on any atom is 0.329 e. The second-order valence-electron chi connectivity index (χ2n) is 5.27. The van der Waals surface area contributed by atoms with Gasteiger partial charge in [-0.2, -0.15) is 0 Å². The fourth-order valence-corrected chi connectivity index (χ4v) is 2.50. The zero-order valence-electron chi connectivity index (χ0n) is 12.5. The molecule has 0 bridgehead atoms. The molecule has 0 aliphatic rings. The second kappa shape index (κ2) is 6.71. The lowest BCUT2D eigenvalue weighted by Gasteiger charge is -2.28. The van der Waals surface area contributed by atoms with Gasteiger partial charge >= 0.3 is 5.97 Å². The quantitative estimate of drug-likeness (QED) is 0.849. The Bertz CT molecular complexity index is 660. The summed E-state index contributed by atoms with van der Waals surface area (Å²) in [7, 11) is 1.53. The first-order valence-electron chi connectivity index (χ1n) is 6.83. The number of halogens is 1. The molecule has 0 saturated heterocycles. The molecule has 0 aromatic heterocycles. The number of carbonyl (C=O) groups is 1. The third kappa shape index (κ3) is 3.71. The number of benzene rings is 2. The van der Waals surface area contributed by atoms with Crippen molar-refractivity contribution in [2.45, 2.75) is 18.9 Å². The molecule has 0 aliphatic carbocycles. The van der Waals surface area contributed by atoms with E-state index in [4.69, 9.17) is 16.3 Å². The van der Waals surface area contributed by atoms with Crippen LogP contribution in [-0.4, -0.2) is 23.7 Å². The van der Waals surface area contributed by atoms with Crippen molar-refractivity contribution in [3.63, 3.8) is 0 Å². The smallest absolute Gasteiger partial charge is 0.329 e. The Balaban J connectivity index is 2.25. The minimum absolute atomic E-state index is 0.354. The zero-order chi connectivity index (χ0) is 16.2. The van der Waals surface area contributed by atoms with Crippen LogP contribution in [0.2, 0.25) is 5.02 Å². The molecule has 0 spiro atoms. The van der Waals surface area contributed by atoms with E-state index in [2.05, 4.69) is 5.32 Å². The van der Waals surface area contributed by atoms with E-state index in [9.17, 15) is 9.90 Å². The lowest BCUT2D eigenvalue weighted by atomic mass is 9.92. The van der Waals surface area contributed by atoms with E-state index < -0.39 is 11.5 Å². The number of hydrogen-bond acceptors (Lipinski definition) is 3. The highest BCUT2D eigenvalue weighted by molar-refractivity contribution is 6.32. The van der Waals surface area contributed by atoms with Gasteiger partial charge in [-0.25, -0.2) is 4.79 Å². The number of hydrogen-bond donors (Lipinski definition) is 2. The van der Waals surface area contributed by atoms with Crippen LogP contribution in [0.5, 0.6) is 5.75 Å². The van der Waals surface area contributed by atoms with Crippen molar-refractivity contribution in [2.24, 2.45) is 0 Å². The number of rotatable bonds is 6. The second-order valence-corrected chi connectivity index (χ2v) is 5.68. The fourth-order valence-electron chi connectivity index (χ4n) is 2.24. The van der Waals surface area contributed by atoms with Gasteiger partial charge in [0.05, 0.1) is 12.1 Å². The molecular weight excluding hydrogens is 302 g/mol. The van der Waals surface area contributed by atoms with Crippen LogP contribution < -0.4 is 10.1 Å². The first-order valence-corrected chi connectivity index (χ1v) is 7.21. The number of anilines is 1. The van der Waals surface area contributed by atoms with E-state index in [1.165, 1.54) is 7.11 Å². The summed E-state index contributed by atoms with van der Waals surface area (Å²) in [5.74, 6) is -0.379. The van der Waals surface area contributed by atoms with Crippen LogP contribution in [0.4, 0.5) is 5.69 Å². The van der Waals surface area contributed by atoms with Gasteiger partial charge < -0.3 is 15.2 Å². The molecule has 0 radical (unpaired) electrons. The minimum Gasteiger partial charge on any atom is -0.495 e. The Labute approximate surface area is 134 Å². The molecule has 0 fully saturated rings. The van der Waals surface area contributed by atoms with Crippen LogP contribution >= 0.6 is 11.6 Å². The Kier molecular flexibility index (Phi) is 4.93. The number of carboxylic acids is 1. The van der Waals surface area contributed by atoms with Crippen LogP contribution in [0, 0.1) is 0 Å². The van der Waals surface area contributed by atoms with Gasteiger partial charge in [0.15, 0.2) is 0 Å². The van der Waals surface area contributed by atoms with E-state index >= 15 is 0 Å². The Hall–Kier alpha value is -2.20. The van der Waals surface area contributed by atoms with Gasteiger partial charge in [-0.15, -0.1) is 0 Å². The molecule has 22 heavy (non-hydrogen) atoms. The highest BCUT2D eigenvalue weighted by Crippen LogP contribution is 2.29. The minimum atomic E-state index is -1.14. The molecular formula is C17H18ClNO3. The molecule has 0 heterocycles. The third-order valence-electron chi connectivity index (χ3n) is 3.44. The van der Waals surface area contributed by atoms with Gasteiger partial charge in [-0.05, 0) is 30.7 Å². The standard InChI is InChI=1S/C17H18ClNO3/c1-17(16(20)21,11-12-6-4-3-5-7-12)19-13-8-9-15(22-2)14(18)10-13/h3-10,19H,11H2,1-2H3,(H,20,21). The van der Waals surface area contributed by atoms with Gasteiger partial charge in [-0.3, -0.25) is 0 Å². The molecule has 2 aromatic carbocycles. The van der Waals surface area contributed by atoms with Crippen molar-refractivity contribution in [2.75, 3.05) is 12.4 Å². The Morgan fingerprint density at radius 3 is 2.50 bits per heavy atom. The lowest BCUT2D eigenvalue weighted by Crippen LogP contribution is -2.45. The Morgan fingerprint density at radius 2 is 1.95 bits per heavy atom. The third-order valence-corrected chi connectivity index (χ3v) is 3.74. The average Bonchev–Trinajstić information content (AvgIpc) is 2.48. The van der Waals surface area contributed by atoms with E-state index in [0.29, 0.717) is 22.9 Å². The first-order chi connectivity index (χ1) is 10.4. The summed E-state index contributed by atoms with van der Waals surface area (Å²) in [4.78, 5) is 11.7. The maximum atomic E-state index is 11.7. The molecule has 1 atom stereocenters. The highest BCUT2D eigenvalue weighted by Gasteiger charge is 2.33. The molecule has 0 saturated carbocycles. The van der Waals surface area contributed by atoms with Gasteiger partial charge in [0, 0.05) is 12.1 Å². The summed E-state index contributed by atoms with van der Waals surface area (Å²) in [5, 5.41) is 13.1. The molecule has 2 aromatic rings. The van der Waals surface area contributed by atoms with Gasteiger partial charge in [-0.1, -0.05) is 41.9 Å².